The first-order chi connectivity index (χ1) is 9.04. The molecule has 1 fully saturated rings. The fourth-order valence-electron chi connectivity index (χ4n) is 2.65. The third-order valence-electron chi connectivity index (χ3n) is 3.73. The molecule has 0 radical (unpaired) electrons. The van der Waals surface area contributed by atoms with Gasteiger partial charge in [0.05, 0.1) is 0 Å². The van der Waals surface area contributed by atoms with E-state index in [1.807, 2.05) is 0 Å². The number of anilines is 1. The number of halogens is 2. The topological polar surface area (TPSA) is 15.3 Å². The van der Waals surface area contributed by atoms with Gasteiger partial charge in [0.1, 0.15) is 11.6 Å². The minimum atomic E-state index is -0.528. The van der Waals surface area contributed by atoms with Crippen molar-refractivity contribution in [1.82, 2.24) is 4.90 Å². The third kappa shape index (κ3) is 4.16. The van der Waals surface area contributed by atoms with Gasteiger partial charge in [0.15, 0.2) is 0 Å². The molecule has 1 saturated heterocycles. The molecule has 1 unspecified atom stereocenters. The highest BCUT2D eigenvalue weighted by Gasteiger charge is 2.18. The minimum absolute atomic E-state index is 0.296. The van der Waals surface area contributed by atoms with Crippen LogP contribution in [0.25, 0.3) is 0 Å². The molecule has 2 rings (SSSR count). The molecule has 1 N–H and O–H groups in total. The Balaban J connectivity index is 1.95. The highest BCUT2D eigenvalue weighted by atomic mass is 19.1. The lowest BCUT2D eigenvalue weighted by Gasteiger charge is -2.24. The third-order valence-corrected chi connectivity index (χ3v) is 3.73. The van der Waals surface area contributed by atoms with Gasteiger partial charge in [-0.1, -0.05) is 0 Å². The summed E-state index contributed by atoms with van der Waals surface area (Å²) in [6, 6.07) is 4.47. The van der Waals surface area contributed by atoms with Crippen molar-refractivity contribution in [3.63, 3.8) is 0 Å². The summed E-state index contributed by atoms with van der Waals surface area (Å²) < 4.78 is 26.3. The molecule has 0 saturated carbocycles. The van der Waals surface area contributed by atoms with Crippen LogP contribution in [0.1, 0.15) is 33.1 Å². The molecule has 106 valence electrons. The minimum Gasteiger partial charge on any atom is -0.382 e. The summed E-state index contributed by atoms with van der Waals surface area (Å²) in [4.78, 5) is 2.45. The second-order valence-electron chi connectivity index (χ2n) is 5.56. The number of benzene rings is 1. The number of nitrogens with zero attached hydrogens (tertiary/aromatic N) is 1. The van der Waals surface area contributed by atoms with E-state index in [4.69, 9.17) is 0 Å². The summed E-state index contributed by atoms with van der Waals surface area (Å²) in [6.07, 6.45) is 3.17. The Morgan fingerprint density at radius 2 is 1.79 bits per heavy atom. The van der Waals surface area contributed by atoms with Crippen molar-refractivity contribution in [3.8, 4) is 0 Å². The molecule has 1 aliphatic rings. The number of rotatable bonds is 3. The summed E-state index contributed by atoms with van der Waals surface area (Å²) in [7, 11) is 0. The zero-order chi connectivity index (χ0) is 13.8. The first-order valence-electron chi connectivity index (χ1n) is 7.01. The van der Waals surface area contributed by atoms with Gasteiger partial charge >= 0.3 is 0 Å². The molecule has 2 nitrogen and oxygen atoms in total. The first-order valence-corrected chi connectivity index (χ1v) is 7.01. The van der Waals surface area contributed by atoms with Gasteiger partial charge in [-0.15, -0.1) is 0 Å². The van der Waals surface area contributed by atoms with Crippen LogP contribution in [0.3, 0.4) is 0 Å². The van der Waals surface area contributed by atoms with E-state index in [1.165, 1.54) is 12.1 Å². The number of hydrogen-bond donors (Lipinski definition) is 1. The Labute approximate surface area is 113 Å². The molecular formula is C15H22F2N2. The van der Waals surface area contributed by atoms with Gasteiger partial charge in [-0.2, -0.15) is 0 Å². The molecule has 4 heteroatoms. The summed E-state index contributed by atoms with van der Waals surface area (Å²) in [5, 5.41) is 3.26. The molecule has 1 atom stereocenters. The molecule has 1 aromatic rings. The van der Waals surface area contributed by atoms with Crippen molar-refractivity contribution in [2.75, 3.05) is 18.4 Å². The Kier molecular flexibility index (Phi) is 4.75. The SMILES string of the molecule is CC(C)N1CCCC(Nc2cc(F)cc(F)c2)CC1. The highest BCUT2D eigenvalue weighted by Crippen LogP contribution is 2.19. The van der Waals surface area contributed by atoms with Crippen LogP contribution < -0.4 is 5.32 Å². The van der Waals surface area contributed by atoms with Gasteiger partial charge in [0.2, 0.25) is 0 Å². The fraction of sp³-hybridized carbons (Fsp3) is 0.600. The van der Waals surface area contributed by atoms with E-state index in [2.05, 4.69) is 24.1 Å². The van der Waals surface area contributed by atoms with Crippen LogP contribution in [0.4, 0.5) is 14.5 Å². The van der Waals surface area contributed by atoms with Gasteiger partial charge < -0.3 is 10.2 Å². The number of hydrogen-bond acceptors (Lipinski definition) is 2. The molecule has 19 heavy (non-hydrogen) atoms. The molecular weight excluding hydrogens is 246 g/mol. The zero-order valence-corrected chi connectivity index (χ0v) is 11.6. The monoisotopic (exact) mass is 268 g/mol. The Morgan fingerprint density at radius 3 is 2.42 bits per heavy atom. The summed E-state index contributed by atoms with van der Waals surface area (Å²) in [6.45, 7) is 6.55. The highest BCUT2D eigenvalue weighted by molar-refractivity contribution is 5.44. The normalized spacial score (nSPS) is 21.4. The molecule has 0 amide bonds. The predicted molar refractivity (Wildman–Crippen MR) is 74.3 cm³/mol. The van der Waals surface area contributed by atoms with Crippen LogP contribution in [0.2, 0.25) is 0 Å². The van der Waals surface area contributed by atoms with Crippen LogP contribution in [-0.2, 0) is 0 Å². The lowest BCUT2D eigenvalue weighted by Crippen LogP contribution is -2.32. The average Bonchev–Trinajstić information content (AvgIpc) is 2.53. The molecule has 1 aliphatic heterocycles. The van der Waals surface area contributed by atoms with Crippen LogP contribution >= 0.6 is 0 Å². The predicted octanol–water partition coefficient (Wildman–Crippen LogP) is 3.64. The van der Waals surface area contributed by atoms with Gasteiger partial charge in [-0.25, -0.2) is 8.78 Å². The molecule has 0 aromatic heterocycles. The summed E-state index contributed by atoms with van der Waals surface area (Å²) in [5.41, 5.74) is 0.542. The van der Waals surface area contributed by atoms with E-state index in [9.17, 15) is 8.78 Å². The van der Waals surface area contributed by atoms with Crippen molar-refractivity contribution in [3.05, 3.63) is 29.8 Å². The van der Waals surface area contributed by atoms with Gasteiger partial charge in [0, 0.05) is 30.4 Å². The van der Waals surface area contributed by atoms with E-state index in [0.29, 0.717) is 17.8 Å². The molecule has 1 heterocycles. The van der Waals surface area contributed by atoms with Crippen LogP contribution in [0.5, 0.6) is 0 Å². The summed E-state index contributed by atoms with van der Waals surface area (Å²) >= 11 is 0. The number of likely N-dealkylation sites (tertiary alicyclic amines) is 1. The average molecular weight is 268 g/mol. The van der Waals surface area contributed by atoms with Crippen molar-refractivity contribution < 1.29 is 8.78 Å². The van der Waals surface area contributed by atoms with E-state index < -0.39 is 11.6 Å². The molecule has 0 aliphatic carbocycles. The van der Waals surface area contributed by atoms with E-state index in [-0.39, 0.29) is 0 Å². The van der Waals surface area contributed by atoms with Gasteiger partial charge in [-0.05, 0) is 51.8 Å². The Morgan fingerprint density at radius 1 is 1.11 bits per heavy atom. The maximum atomic E-state index is 13.1. The van der Waals surface area contributed by atoms with Crippen LogP contribution in [-0.4, -0.2) is 30.1 Å². The van der Waals surface area contributed by atoms with E-state index in [0.717, 1.165) is 38.4 Å². The van der Waals surface area contributed by atoms with Crippen molar-refractivity contribution >= 4 is 5.69 Å². The second-order valence-corrected chi connectivity index (χ2v) is 5.56. The lowest BCUT2D eigenvalue weighted by molar-refractivity contribution is 0.230. The van der Waals surface area contributed by atoms with Crippen LogP contribution in [0, 0.1) is 11.6 Å². The first kappa shape index (κ1) is 14.3. The lowest BCUT2D eigenvalue weighted by atomic mass is 10.1. The van der Waals surface area contributed by atoms with Gasteiger partial charge in [0.25, 0.3) is 0 Å². The second kappa shape index (κ2) is 6.33. The fourth-order valence-corrected chi connectivity index (χ4v) is 2.65. The van der Waals surface area contributed by atoms with E-state index in [1.54, 1.807) is 0 Å². The van der Waals surface area contributed by atoms with Crippen LogP contribution in [0.15, 0.2) is 18.2 Å². The molecule has 0 spiro atoms. The van der Waals surface area contributed by atoms with Crippen molar-refractivity contribution in [2.45, 2.75) is 45.2 Å². The number of nitrogens with one attached hydrogen (secondary N) is 1. The maximum Gasteiger partial charge on any atom is 0.128 e. The summed E-state index contributed by atoms with van der Waals surface area (Å²) in [5.74, 6) is -1.06. The quantitative estimate of drug-likeness (QED) is 0.900. The standard InChI is InChI=1S/C15H22F2N2/c1-11(2)19-6-3-4-14(5-7-19)18-15-9-12(16)8-13(17)10-15/h8-11,14,18H,3-7H2,1-2H3. The van der Waals surface area contributed by atoms with E-state index >= 15 is 0 Å². The zero-order valence-electron chi connectivity index (χ0n) is 11.6. The molecule has 1 aromatic carbocycles. The van der Waals surface area contributed by atoms with Gasteiger partial charge in [-0.3, -0.25) is 0 Å². The van der Waals surface area contributed by atoms with Crippen molar-refractivity contribution in [2.24, 2.45) is 0 Å². The smallest absolute Gasteiger partial charge is 0.128 e. The maximum absolute atomic E-state index is 13.1. The Bertz CT molecular complexity index is 400. The largest absolute Gasteiger partial charge is 0.382 e. The molecule has 0 bridgehead atoms. The Hall–Kier alpha value is -1.16. The van der Waals surface area contributed by atoms with Crippen molar-refractivity contribution in [1.29, 1.82) is 0 Å².